The normalized spacial score (nSPS) is 12.4. The molecular weight excluding hydrogens is 497 g/mol. The highest BCUT2D eigenvalue weighted by atomic mass is 19.4. The summed E-state index contributed by atoms with van der Waals surface area (Å²) < 4.78 is 69.1. The minimum Gasteiger partial charge on any atom is -0.374 e. The Morgan fingerprint density at radius 3 is 2.46 bits per heavy atom. The second kappa shape index (κ2) is 10.4. The molecule has 4 aromatic rings. The van der Waals surface area contributed by atoms with Gasteiger partial charge in [0.15, 0.2) is 5.82 Å². The quantitative estimate of drug-likeness (QED) is 0.236. The van der Waals surface area contributed by atoms with Gasteiger partial charge >= 0.3 is 6.18 Å². The number of anilines is 3. The van der Waals surface area contributed by atoms with Gasteiger partial charge in [0.05, 0.1) is 17.7 Å². The molecule has 0 saturated carbocycles. The van der Waals surface area contributed by atoms with Crippen molar-refractivity contribution in [1.82, 2.24) is 25.0 Å². The number of halogens is 5. The van der Waals surface area contributed by atoms with Crippen molar-refractivity contribution in [3.63, 3.8) is 0 Å². The summed E-state index contributed by atoms with van der Waals surface area (Å²) in [4.78, 5) is 16.5. The van der Waals surface area contributed by atoms with Crippen molar-refractivity contribution in [2.75, 3.05) is 23.8 Å². The van der Waals surface area contributed by atoms with Crippen LogP contribution in [0.1, 0.15) is 6.42 Å². The number of nitrogens with one attached hydrogen (secondary N) is 2. The van der Waals surface area contributed by atoms with Crippen LogP contribution < -0.4 is 10.2 Å². The van der Waals surface area contributed by atoms with Crippen molar-refractivity contribution in [2.45, 2.75) is 12.6 Å². The first-order valence-corrected chi connectivity index (χ1v) is 11.1. The van der Waals surface area contributed by atoms with Crippen LogP contribution in [0, 0.1) is 17.7 Å². The fourth-order valence-corrected chi connectivity index (χ4v) is 3.74. The Balaban J connectivity index is 1.47. The lowest BCUT2D eigenvalue weighted by Gasteiger charge is -2.26. The van der Waals surface area contributed by atoms with Crippen LogP contribution in [0.3, 0.4) is 0 Å². The van der Waals surface area contributed by atoms with Crippen LogP contribution in [0.2, 0.25) is 0 Å². The van der Waals surface area contributed by atoms with Gasteiger partial charge < -0.3 is 15.0 Å². The molecule has 4 rings (SSSR count). The van der Waals surface area contributed by atoms with Crippen LogP contribution in [0.5, 0.6) is 0 Å². The summed E-state index contributed by atoms with van der Waals surface area (Å²) in [7, 11) is 3.15. The number of aromatic amines is 1. The summed E-state index contributed by atoms with van der Waals surface area (Å²) in [6.07, 6.45) is -3.62. The van der Waals surface area contributed by atoms with Gasteiger partial charge in [0.25, 0.3) is 0 Å². The molecule has 0 radical (unpaired) electrons. The molecule has 37 heavy (non-hydrogen) atoms. The lowest BCUT2D eigenvalue weighted by molar-refractivity contribution is -0.173. The van der Waals surface area contributed by atoms with E-state index in [-0.39, 0.29) is 24.0 Å². The molecule has 1 unspecified atom stereocenters. The van der Waals surface area contributed by atoms with Crippen molar-refractivity contribution in [3.8, 4) is 22.5 Å². The van der Waals surface area contributed by atoms with Gasteiger partial charge in [-0.3, -0.25) is 5.10 Å². The molecule has 13 heteroatoms. The zero-order valence-corrected chi connectivity index (χ0v) is 19.7. The number of H-pyrrole nitrogens is 1. The molecular formula is C24H22F5N7O. The van der Waals surface area contributed by atoms with E-state index in [1.54, 1.807) is 37.4 Å². The maximum atomic E-state index is 14.6. The number of hydrogen-bond donors (Lipinski definition) is 2. The van der Waals surface area contributed by atoms with Gasteiger partial charge in [-0.25, -0.2) is 9.07 Å². The number of nitrogens with zero attached hydrogens (tertiary/aromatic N) is 5. The number of aldehydes is 1. The Bertz CT molecular complexity index is 1380. The first-order valence-electron chi connectivity index (χ1n) is 11.1. The van der Waals surface area contributed by atoms with Crippen molar-refractivity contribution in [1.29, 1.82) is 0 Å². The Kier molecular flexibility index (Phi) is 7.23. The highest BCUT2D eigenvalue weighted by Crippen LogP contribution is 2.31. The lowest BCUT2D eigenvalue weighted by atomic mass is 10.0. The number of carbonyl (C=O) groups excluding carboxylic acids is 1. The summed E-state index contributed by atoms with van der Waals surface area (Å²) >= 11 is 0. The molecule has 0 aliphatic heterocycles. The highest BCUT2D eigenvalue weighted by Gasteiger charge is 2.39. The van der Waals surface area contributed by atoms with E-state index < -0.39 is 30.3 Å². The standard InChI is InChI=1S/C24H22F5N7O/c1-35(13-15(9-10-37)24(27,28)29)17-6-3-14(4-7-17)22-32-23(36(2)34-22)31-16-5-8-18(20(25)11-16)19-12-30-33-21(19)26/h3-8,10-12,15H,9,13H2,1-2H3,(H,30,33)(H,31,32,34). The first-order chi connectivity index (χ1) is 17.6. The minimum absolute atomic E-state index is 0.0109. The minimum atomic E-state index is -4.48. The molecule has 2 heterocycles. The van der Waals surface area contributed by atoms with Gasteiger partial charge in [-0.05, 0) is 42.5 Å². The number of benzene rings is 2. The number of aromatic nitrogens is 5. The molecule has 194 valence electrons. The third kappa shape index (κ3) is 5.76. The lowest BCUT2D eigenvalue weighted by Crippen LogP contribution is -2.35. The van der Waals surface area contributed by atoms with Crippen molar-refractivity contribution in [2.24, 2.45) is 13.0 Å². The van der Waals surface area contributed by atoms with Gasteiger partial charge in [0.2, 0.25) is 11.9 Å². The second-order valence-corrected chi connectivity index (χ2v) is 8.37. The third-order valence-corrected chi connectivity index (χ3v) is 5.78. The predicted octanol–water partition coefficient (Wildman–Crippen LogP) is 5.10. The van der Waals surface area contributed by atoms with E-state index in [9.17, 15) is 26.7 Å². The first kappa shape index (κ1) is 25.8. The van der Waals surface area contributed by atoms with E-state index in [0.29, 0.717) is 28.7 Å². The number of hydrogen-bond acceptors (Lipinski definition) is 6. The Morgan fingerprint density at radius 2 is 1.86 bits per heavy atom. The van der Waals surface area contributed by atoms with E-state index in [1.807, 2.05) is 0 Å². The highest BCUT2D eigenvalue weighted by molar-refractivity contribution is 5.68. The van der Waals surface area contributed by atoms with Crippen LogP contribution in [0.4, 0.5) is 39.3 Å². The van der Waals surface area contributed by atoms with Crippen LogP contribution in [0.15, 0.2) is 48.7 Å². The average molecular weight is 519 g/mol. The Hall–Kier alpha value is -4.29. The molecule has 8 nitrogen and oxygen atoms in total. The molecule has 2 aromatic heterocycles. The van der Waals surface area contributed by atoms with E-state index in [4.69, 9.17) is 0 Å². The summed E-state index contributed by atoms with van der Waals surface area (Å²) in [6.45, 7) is -0.361. The number of rotatable bonds is 9. The van der Waals surface area contributed by atoms with E-state index in [0.717, 1.165) is 0 Å². The number of carbonyl (C=O) groups is 1. The summed E-state index contributed by atoms with van der Waals surface area (Å²) in [5.74, 6) is -2.52. The predicted molar refractivity (Wildman–Crippen MR) is 127 cm³/mol. The summed E-state index contributed by atoms with van der Waals surface area (Å²) in [5, 5.41) is 13.0. The van der Waals surface area contributed by atoms with Crippen LogP contribution in [-0.4, -0.2) is 51.0 Å². The Morgan fingerprint density at radius 1 is 1.14 bits per heavy atom. The molecule has 2 N–H and O–H groups in total. The van der Waals surface area contributed by atoms with E-state index in [2.05, 4.69) is 25.6 Å². The van der Waals surface area contributed by atoms with Crippen molar-refractivity contribution >= 4 is 23.6 Å². The van der Waals surface area contributed by atoms with Crippen LogP contribution in [0.25, 0.3) is 22.5 Å². The Labute approximate surface area is 208 Å². The average Bonchev–Trinajstić information content (AvgIpc) is 3.43. The molecule has 0 spiro atoms. The summed E-state index contributed by atoms with van der Waals surface area (Å²) in [6, 6.07) is 10.8. The van der Waals surface area contributed by atoms with E-state index >= 15 is 0 Å². The maximum Gasteiger partial charge on any atom is 0.393 e. The fourth-order valence-electron chi connectivity index (χ4n) is 3.74. The summed E-state index contributed by atoms with van der Waals surface area (Å²) in [5.41, 5.74) is 1.56. The fraction of sp³-hybridized carbons (Fsp3) is 0.250. The van der Waals surface area contributed by atoms with Gasteiger partial charge in [-0.15, -0.1) is 5.10 Å². The molecule has 0 amide bonds. The van der Waals surface area contributed by atoms with Crippen molar-refractivity contribution < 1.29 is 26.7 Å². The van der Waals surface area contributed by atoms with Gasteiger partial charge in [-0.2, -0.15) is 27.6 Å². The zero-order chi connectivity index (χ0) is 26.7. The van der Waals surface area contributed by atoms with Gasteiger partial charge in [0.1, 0.15) is 12.1 Å². The molecule has 0 aliphatic carbocycles. The topological polar surface area (TPSA) is 91.7 Å². The maximum absolute atomic E-state index is 14.6. The smallest absolute Gasteiger partial charge is 0.374 e. The third-order valence-electron chi connectivity index (χ3n) is 5.78. The van der Waals surface area contributed by atoms with Gasteiger partial charge in [0, 0.05) is 49.6 Å². The molecule has 0 aliphatic rings. The van der Waals surface area contributed by atoms with Crippen LogP contribution >= 0.6 is 0 Å². The largest absolute Gasteiger partial charge is 0.393 e. The van der Waals surface area contributed by atoms with Crippen molar-refractivity contribution in [3.05, 3.63) is 60.4 Å². The van der Waals surface area contributed by atoms with Gasteiger partial charge in [-0.1, -0.05) is 0 Å². The molecule has 0 saturated heterocycles. The number of alkyl halides is 3. The molecule has 1 atom stereocenters. The molecule has 0 bridgehead atoms. The number of aryl methyl sites for hydroxylation is 1. The second-order valence-electron chi connectivity index (χ2n) is 8.37. The SMILES string of the molecule is CN(CC(CC=O)C(F)(F)F)c1ccc(-c2nc(Nc3ccc(-c4cn[nH]c4F)c(F)c3)n(C)n2)cc1. The zero-order valence-electron chi connectivity index (χ0n) is 19.7. The van der Waals surface area contributed by atoms with E-state index in [1.165, 1.54) is 35.0 Å². The molecule has 0 fully saturated rings. The monoisotopic (exact) mass is 519 g/mol. The molecule has 2 aromatic carbocycles. The van der Waals surface area contributed by atoms with Crippen LogP contribution in [-0.2, 0) is 11.8 Å².